The van der Waals surface area contributed by atoms with Gasteiger partial charge in [-0.1, -0.05) is 17.3 Å². The van der Waals surface area contributed by atoms with Crippen molar-refractivity contribution >= 4 is 17.1 Å². The van der Waals surface area contributed by atoms with Crippen LogP contribution in [0.1, 0.15) is 38.9 Å². The van der Waals surface area contributed by atoms with Crippen molar-refractivity contribution in [2.75, 3.05) is 0 Å². The second kappa shape index (κ2) is 8.60. The normalized spacial score (nSPS) is 18.6. The Labute approximate surface area is 196 Å². The van der Waals surface area contributed by atoms with E-state index in [1.807, 2.05) is 30.5 Å². The summed E-state index contributed by atoms with van der Waals surface area (Å²) in [6.07, 6.45) is 8.71. The van der Waals surface area contributed by atoms with Crippen LogP contribution in [0.5, 0.6) is 0 Å². The number of rotatable bonds is 7. The summed E-state index contributed by atoms with van der Waals surface area (Å²) < 4.78 is 3.45. The summed E-state index contributed by atoms with van der Waals surface area (Å²) in [7, 11) is 0. The predicted octanol–water partition coefficient (Wildman–Crippen LogP) is 2.29. The monoisotopic (exact) mass is 460 g/mol. The Morgan fingerprint density at radius 2 is 1.97 bits per heavy atom. The van der Waals surface area contributed by atoms with Gasteiger partial charge in [0.05, 0.1) is 30.2 Å². The number of amides is 1. The highest BCUT2D eigenvalue weighted by Gasteiger charge is 2.29. The maximum atomic E-state index is 11.5. The third kappa shape index (κ3) is 4.67. The number of aliphatic hydroxyl groups is 1. The standard InChI is InChI=1S/C24H28N8O2/c1-24(2,34)14-31-13-18(11-27-31)16-5-7-19(8-6-16)32-23-20(29-30-32)12-26-21(28-23)10-15-3-4-17(9-15)22(25)33/h5-8,11-13,15,17,34H,3-4,9-10,14H2,1-2H3,(H2,25,33)/t15-,17-/m1/s1. The minimum absolute atomic E-state index is 0.0401. The lowest BCUT2D eigenvalue weighted by molar-refractivity contribution is -0.121. The summed E-state index contributed by atoms with van der Waals surface area (Å²) in [6, 6.07) is 7.93. The molecule has 0 unspecified atom stereocenters. The lowest BCUT2D eigenvalue weighted by Crippen LogP contribution is -2.26. The van der Waals surface area contributed by atoms with Crippen LogP contribution < -0.4 is 5.73 Å². The minimum atomic E-state index is -0.830. The van der Waals surface area contributed by atoms with Crippen LogP contribution in [0, 0.1) is 11.8 Å². The van der Waals surface area contributed by atoms with Crippen LogP contribution in [-0.4, -0.2) is 51.4 Å². The van der Waals surface area contributed by atoms with Crippen LogP contribution in [0.25, 0.3) is 28.0 Å². The topological polar surface area (TPSA) is 138 Å². The van der Waals surface area contributed by atoms with E-state index < -0.39 is 5.60 Å². The SMILES string of the molecule is CC(C)(O)Cn1cc(-c2ccc(-n3nnc4cnc(C[C@@H]5CC[C@@H](C(N)=O)C5)nc43)cc2)cn1. The lowest BCUT2D eigenvalue weighted by atomic mass is 10.0. The molecule has 3 N–H and O–H groups in total. The molecule has 2 atom stereocenters. The van der Waals surface area contributed by atoms with Crippen molar-refractivity contribution in [1.82, 2.24) is 34.7 Å². The van der Waals surface area contributed by atoms with E-state index in [4.69, 9.17) is 10.7 Å². The first kappa shape index (κ1) is 22.1. The molecule has 1 amide bonds. The van der Waals surface area contributed by atoms with E-state index in [9.17, 15) is 9.90 Å². The van der Waals surface area contributed by atoms with Crippen LogP contribution in [0.3, 0.4) is 0 Å². The fraction of sp³-hybridized carbons (Fsp3) is 0.417. The van der Waals surface area contributed by atoms with E-state index in [1.54, 1.807) is 35.6 Å². The molecule has 3 heterocycles. The highest BCUT2D eigenvalue weighted by atomic mass is 16.3. The highest BCUT2D eigenvalue weighted by Crippen LogP contribution is 2.32. The van der Waals surface area contributed by atoms with Crippen LogP contribution in [0.15, 0.2) is 42.9 Å². The molecule has 0 spiro atoms. The number of benzene rings is 1. The first-order chi connectivity index (χ1) is 16.2. The molecule has 0 aliphatic heterocycles. The molecule has 10 nitrogen and oxygen atoms in total. The highest BCUT2D eigenvalue weighted by molar-refractivity contribution is 5.77. The molecule has 10 heteroatoms. The van der Waals surface area contributed by atoms with Crippen molar-refractivity contribution < 1.29 is 9.90 Å². The lowest BCUT2D eigenvalue weighted by Gasteiger charge is -2.16. The van der Waals surface area contributed by atoms with Crippen molar-refractivity contribution in [2.45, 2.75) is 51.7 Å². The fourth-order valence-electron chi connectivity index (χ4n) is 4.60. The van der Waals surface area contributed by atoms with Crippen molar-refractivity contribution in [1.29, 1.82) is 0 Å². The van der Waals surface area contributed by atoms with Gasteiger partial charge in [-0.3, -0.25) is 9.48 Å². The largest absolute Gasteiger partial charge is 0.389 e. The van der Waals surface area contributed by atoms with E-state index in [0.717, 1.165) is 41.9 Å². The van der Waals surface area contributed by atoms with Gasteiger partial charge in [0, 0.05) is 24.1 Å². The van der Waals surface area contributed by atoms with Crippen LogP contribution in [0.2, 0.25) is 0 Å². The molecular weight excluding hydrogens is 432 g/mol. The smallest absolute Gasteiger partial charge is 0.220 e. The Morgan fingerprint density at radius 3 is 2.68 bits per heavy atom. The van der Waals surface area contributed by atoms with E-state index in [0.29, 0.717) is 30.0 Å². The summed E-state index contributed by atoms with van der Waals surface area (Å²) in [5.74, 6) is 0.828. The van der Waals surface area contributed by atoms with Gasteiger partial charge in [-0.2, -0.15) is 9.78 Å². The van der Waals surface area contributed by atoms with Crippen LogP contribution >= 0.6 is 0 Å². The Morgan fingerprint density at radius 1 is 1.18 bits per heavy atom. The average Bonchev–Trinajstić information content (AvgIpc) is 3.52. The zero-order valence-electron chi connectivity index (χ0n) is 19.3. The molecule has 0 radical (unpaired) electrons. The van der Waals surface area contributed by atoms with Gasteiger partial charge in [0.25, 0.3) is 0 Å². The molecule has 3 aromatic heterocycles. The molecule has 1 saturated carbocycles. The first-order valence-electron chi connectivity index (χ1n) is 11.5. The number of hydrogen-bond donors (Lipinski definition) is 2. The third-order valence-corrected chi connectivity index (χ3v) is 6.28. The van der Waals surface area contributed by atoms with E-state index in [-0.39, 0.29) is 11.8 Å². The van der Waals surface area contributed by atoms with Crippen molar-refractivity contribution in [3.05, 3.63) is 48.7 Å². The van der Waals surface area contributed by atoms with Gasteiger partial charge in [-0.15, -0.1) is 5.10 Å². The number of fused-ring (bicyclic) bond motifs is 1. The van der Waals surface area contributed by atoms with E-state index >= 15 is 0 Å². The second-order valence-corrected chi connectivity index (χ2v) is 9.76. The molecule has 1 aromatic carbocycles. The molecule has 5 rings (SSSR count). The molecule has 34 heavy (non-hydrogen) atoms. The molecule has 1 aliphatic rings. The Balaban J connectivity index is 1.35. The summed E-state index contributed by atoms with van der Waals surface area (Å²) >= 11 is 0. The first-order valence-corrected chi connectivity index (χ1v) is 11.5. The summed E-state index contributed by atoms with van der Waals surface area (Å²) in [5.41, 5.74) is 8.74. The number of nitrogens with zero attached hydrogens (tertiary/aromatic N) is 7. The van der Waals surface area contributed by atoms with Crippen molar-refractivity contribution in [2.24, 2.45) is 17.6 Å². The summed E-state index contributed by atoms with van der Waals surface area (Å²) in [6.45, 7) is 3.93. The molecule has 4 aromatic rings. The zero-order valence-corrected chi connectivity index (χ0v) is 19.3. The van der Waals surface area contributed by atoms with Crippen molar-refractivity contribution in [3.8, 4) is 16.8 Å². The van der Waals surface area contributed by atoms with Crippen LogP contribution in [0.4, 0.5) is 0 Å². The second-order valence-electron chi connectivity index (χ2n) is 9.76. The number of nitrogens with two attached hydrogens (primary N) is 1. The zero-order chi connectivity index (χ0) is 23.9. The molecular formula is C24H28N8O2. The Hall–Kier alpha value is -3.66. The predicted molar refractivity (Wildman–Crippen MR) is 126 cm³/mol. The van der Waals surface area contributed by atoms with Crippen LogP contribution in [-0.2, 0) is 17.8 Å². The molecule has 1 fully saturated rings. The maximum absolute atomic E-state index is 11.5. The quantitative estimate of drug-likeness (QED) is 0.431. The van der Waals surface area contributed by atoms with Gasteiger partial charge in [0.15, 0.2) is 11.2 Å². The summed E-state index contributed by atoms with van der Waals surface area (Å²) in [4.78, 5) is 20.7. The molecule has 0 saturated heterocycles. The van der Waals surface area contributed by atoms with Gasteiger partial charge in [-0.05, 0) is 56.7 Å². The molecule has 0 bridgehead atoms. The molecule has 176 valence electrons. The summed E-state index contributed by atoms with van der Waals surface area (Å²) in [5, 5.41) is 22.8. The molecule has 1 aliphatic carbocycles. The number of hydrogen-bond acceptors (Lipinski definition) is 7. The number of carbonyl (C=O) groups is 1. The van der Waals surface area contributed by atoms with Gasteiger partial charge in [0.2, 0.25) is 5.91 Å². The van der Waals surface area contributed by atoms with Gasteiger partial charge >= 0.3 is 0 Å². The van der Waals surface area contributed by atoms with Crippen molar-refractivity contribution in [3.63, 3.8) is 0 Å². The van der Waals surface area contributed by atoms with Gasteiger partial charge < -0.3 is 10.8 Å². The Kier molecular flexibility index (Phi) is 5.60. The average molecular weight is 461 g/mol. The number of aromatic nitrogens is 7. The fourth-order valence-corrected chi connectivity index (χ4v) is 4.60. The number of carbonyl (C=O) groups excluding carboxylic acids is 1. The van der Waals surface area contributed by atoms with E-state index in [1.165, 1.54) is 0 Å². The Bertz CT molecular complexity index is 1320. The number of primary amides is 1. The van der Waals surface area contributed by atoms with Gasteiger partial charge in [0.1, 0.15) is 5.82 Å². The maximum Gasteiger partial charge on any atom is 0.220 e. The third-order valence-electron chi connectivity index (χ3n) is 6.28. The van der Waals surface area contributed by atoms with Gasteiger partial charge in [-0.25, -0.2) is 9.97 Å². The van der Waals surface area contributed by atoms with E-state index in [2.05, 4.69) is 20.4 Å². The minimum Gasteiger partial charge on any atom is -0.389 e.